The summed E-state index contributed by atoms with van der Waals surface area (Å²) in [5, 5.41) is 0. The van der Waals surface area contributed by atoms with E-state index in [1.165, 1.54) is 6.33 Å². The molecule has 0 fully saturated rings. The SMILES string of the molecule is Nc1ncnc(CSc2ccccc2Br)n1. The number of hydrogen-bond donors (Lipinski definition) is 1. The maximum absolute atomic E-state index is 5.48. The number of rotatable bonds is 3. The first-order valence-electron chi connectivity index (χ1n) is 4.56. The van der Waals surface area contributed by atoms with Crippen molar-refractivity contribution in [2.75, 3.05) is 5.73 Å². The predicted octanol–water partition coefficient (Wildman–Crippen LogP) is 2.51. The molecule has 0 saturated carbocycles. The third kappa shape index (κ3) is 2.93. The Balaban J connectivity index is 2.05. The van der Waals surface area contributed by atoms with Gasteiger partial charge in [-0.3, -0.25) is 0 Å². The van der Waals surface area contributed by atoms with Gasteiger partial charge in [0.05, 0.1) is 5.75 Å². The molecule has 0 radical (unpaired) electrons. The Morgan fingerprint density at radius 1 is 1.25 bits per heavy atom. The zero-order valence-corrected chi connectivity index (χ0v) is 10.7. The minimum absolute atomic E-state index is 0.262. The Hall–Kier alpha value is -1.14. The zero-order valence-electron chi connectivity index (χ0n) is 8.30. The van der Waals surface area contributed by atoms with Crippen molar-refractivity contribution < 1.29 is 0 Å². The Morgan fingerprint density at radius 2 is 2.06 bits per heavy atom. The molecule has 82 valence electrons. The second kappa shape index (κ2) is 5.27. The lowest BCUT2D eigenvalue weighted by molar-refractivity contribution is 0.974. The summed E-state index contributed by atoms with van der Waals surface area (Å²) in [6.07, 6.45) is 1.43. The lowest BCUT2D eigenvalue weighted by Gasteiger charge is -2.03. The van der Waals surface area contributed by atoms with E-state index in [1.807, 2.05) is 24.3 Å². The molecule has 0 unspecified atom stereocenters. The minimum atomic E-state index is 0.262. The van der Waals surface area contributed by atoms with Crippen LogP contribution >= 0.6 is 27.7 Å². The van der Waals surface area contributed by atoms with Gasteiger partial charge in [-0.05, 0) is 28.1 Å². The Kier molecular flexibility index (Phi) is 3.74. The lowest BCUT2D eigenvalue weighted by atomic mass is 10.4. The van der Waals surface area contributed by atoms with Gasteiger partial charge in [-0.15, -0.1) is 11.8 Å². The van der Waals surface area contributed by atoms with Gasteiger partial charge >= 0.3 is 0 Å². The molecule has 6 heteroatoms. The van der Waals surface area contributed by atoms with Crippen LogP contribution in [0.3, 0.4) is 0 Å². The normalized spacial score (nSPS) is 10.3. The first kappa shape index (κ1) is 11.3. The van der Waals surface area contributed by atoms with Gasteiger partial charge in [-0.1, -0.05) is 12.1 Å². The largest absolute Gasteiger partial charge is 0.368 e. The summed E-state index contributed by atoms with van der Waals surface area (Å²) < 4.78 is 1.07. The van der Waals surface area contributed by atoms with Crippen molar-refractivity contribution >= 4 is 33.6 Å². The van der Waals surface area contributed by atoms with Crippen molar-refractivity contribution in [3.05, 3.63) is 40.9 Å². The van der Waals surface area contributed by atoms with Crippen LogP contribution in [0.5, 0.6) is 0 Å². The van der Waals surface area contributed by atoms with E-state index in [4.69, 9.17) is 5.73 Å². The maximum Gasteiger partial charge on any atom is 0.223 e. The zero-order chi connectivity index (χ0) is 11.4. The smallest absolute Gasteiger partial charge is 0.223 e. The molecule has 0 aliphatic carbocycles. The van der Waals surface area contributed by atoms with E-state index in [1.54, 1.807) is 11.8 Å². The molecule has 0 bridgehead atoms. The van der Waals surface area contributed by atoms with Crippen LogP contribution in [0.2, 0.25) is 0 Å². The van der Waals surface area contributed by atoms with Gasteiger partial charge < -0.3 is 5.73 Å². The Morgan fingerprint density at radius 3 is 2.81 bits per heavy atom. The van der Waals surface area contributed by atoms with Crippen LogP contribution in [-0.4, -0.2) is 15.0 Å². The number of aromatic nitrogens is 3. The van der Waals surface area contributed by atoms with Gasteiger partial charge in [0, 0.05) is 9.37 Å². The van der Waals surface area contributed by atoms with Crippen LogP contribution in [0.25, 0.3) is 0 Å². The van der Waals surface area contributed by atoms with Crippen LogP contribution in [0.15, 0.2) is 40.0 Å². The van der Waals surface area contributed by atoms with Crippen molar-refractivity contribution in [1.29, 1.82) is 0 Å². The molecule has 1 aromatic heterocycles. The second-order valence-electron chi connectivity index (χ2n) is 2.98. The van der Waals surface area contributed by atoms with E-state index in [9.17, 15) is 0 Å². The maximum atomic E-state index is 5.48. The number of nitrogens with two attached hydrogens (primary N) is 1. The molecule has 0 aliphatic heterocycles. The second-order valence-corrected chi connectivity index (χ2v) is 4.85. The highest BCUT2D eigenvalue weighted by atomic mass is 79.9. The van der Waals surface area contributed by atoms with Gasteiger partial charge in [0.15, 0.2) is 0 Å². The molecular weight excluding hydrogens is 288 g/mol. The third-order valence-electron chi connectivity index (χ3n) is 1.83. The fraction of sp³-hybridized carbons (Fsp3) is 0.100. The van der Waals surface area contributed by atoms with Crippen LogP contribution in [0.4, 0.5) is 5.95 Å². The number of nitrogens with zero attached hydrogens (tertiary/aromatic N) is 3. The van der Waals surface area contributed by atoms with E-state index in [2.05, 4.69) is 30.9 Å². The van der Waals surface area contributed by atoms with Gasteiger partial charge in [-0.2, -0.15) is 4.98 Å². The summed E-state index contributed by atoms with van der Waals surface area (Å²) in [7, 11) is 0. The fourth-order valence-electron chi connectivity index (χ4n) is 1.12. The average Bonchev–Trinajstić information content (AvgIpc) is 2.28. The molecule has 2 rings (SSSR count). The molecule has 0 saturated heterocycles. The lowest BCUT2D eigenvalue weighted by Crippen LogP contribution is -2.00. The molecular formula is C10H9BrN4S. The summed E-state index contributed by atoms with van der Waals surface area (Å²) in [4.78, 5) is 13.0. The average molecular weight is 297 g/mol. The molecule has 0 amide bonds. The Bertz CT molecular complexity index is 492. The molecule has 4 nitrogen and oxygen atoms in total. The predicted molar refractivity (Wildman–Crippen MR) is 67.9 cm³/mol. The number of halogens is 1. The number of hydrogen-bond acceptors (Lipinski definition) is 5. The summed E-state index contributed by atoms with van der Waals surface area (Å²) in [5.41, 5.74) is 5.48. The topological polar surface area (TPSA) is 64.7 Å². The van der Waals surface area contributed by atoms with Crippen LogP contribution in [0, 0.1) is 0 Å². The van der Waals surface area contributed by atoms with Gasteiger partial charge in [0.25, 0.3) is 0 Å². The van der Waals surface area contributed by atoms with Crippen molar-refractivity contribution in [3.63, 3.8) is 0 Å². The van der Waals surface area contributed by atoms with E-state index in [-0.39, 0.29) is 5.95 Å². The number of benzene rings is 1. The Labute approximate surface area is 106 Å². The first-order chi connectivity index (χ1) is 7.75. The van der Waals surface area contributed by atoms with E-state index < -0.39 is 0 Å². The van der Waals surface area contributed by atoms with Crippen LogP contribution < -0.4 is 5.73 Å². The molecule has 2 aromatic rings. The van der Waals surface area contributed by atoms with Crippen LogP contribution in [0.1, 0.15) is 5.82 Å². The summed E-state index contributed by atoms with van der Waals surface area (Å²) in [5.74, 6) is 1.63. The van der Waals surface area contributed by atoms with E-state index in [0.29, 0.717) is 11.6 Å². The molecule has 1 aromatic carbocycles. The molecule has 0 spiro atoms. The van der Waals surface area contributed by atoms with Crippen molar-refractivity contribution in [2.24, 2.45) is 0 Å². The van der Waals surface area contributed by atoms with E-state index >= 15 is 0 Å². The van der Waals surface area contributed by atoms with E-state index in [0.717, 1.165) is 9.37 Å². The van der Waals surface area contributed by atoms with Crippen molar-refractivity contribution in [2.45, 2.75) is 10.6 Å². The fourth-order valence-corrected chi connectivity index (χ4v) is 2.55. The van der Waals surface area contributed by atoms with Crippen molar-refractivity contribution in [3.8, 4) is 0 Å². The van der Waals surface area contributed by atoms with Gasteiger partial charge in [0.2, 0.25) is 5.95 Å². The summed E-state index contributed by atoms with van der Waals surface area (Å²) in [6.45, 7) is 0. The summed E-state index contributed by atoms with van der Waals surface area (Å²) in [6, 6.07) is 8.02. The number of thioether (sulfide) groups is 1. The van der Waals surface area contributed by atoms with Crippen LogP contribution in [-0.2, 0) is 5.75 Å². The standard InChI is InChI=1S/C10H9BrN4S/c11-7-3-1-2-4-8(7)16-5-9-13-6-14-10(12)15-9/h1-4,6H,5H2,(H2,12,13,14,15). The quantitative estimate of drug-likeness (QED) is 0.882. The summed E-state index contributed by atoms with van der Waals surface area (Å²) >= 11 is 5.14. The molecule has 0 aliphatic rings. The number of nitrogen functional groups attached to an aromatic ring is 1. The molecule has 2 N–H and O–H groups in total. The van der Waals surface area contributed by atoms with Gasteiger partial charge in [0.1, 0.15) is 12.2 Å². The highest BCUT2D eigenvalue weighted by molar-refractivity contribution is 9.10. The molecule has 16 heavy (non-hydrogen) atoms. The monoisotopic (exact) mass is 296 g/mol. The third-order valence-corrected chi connectivity index (χ3v) is 3.86. The first-order valence-corrected chi connectivity index (χ1v) is 6.34. The van der Waals surface area contributed by atoms with Crippen molar-refractivity contribution in [1.82, 2.24) is 15.0 Å². The number of anilines is 1. The molecule has 1 heterocycles. The van der Waals surface area contributed by atoms with Gasteiger partial charge in [-0.25, -0.2) is 9.97 Å². The highest BCUT2D eigenvalue weighted by Gasteiger charge is 2.02. The molecule has 0 atom stereocenters. The highest BCUT2D eigenvalue weighted by Crippen LogP contribution is 2.28. The minimum Gasteiger partial charge on any atom is -0.368 e.